The Morgan fingerprint density at radius 3 is 2.38 bits per heavy atom. The van der Waals surface area contributed by atoms with E-state index in [-0.39, 0.29) is 4.83 Å². The van der Waals surface area contributed by atoms with Gasteiger partial charge >= 0.3 is 0 Å². The molecule has 0 unspecified atom stereocenters. The lowest BCUT2D eigenvalue weighted by Gasteiger charge is -2.03. The van der Waals surface area contributed by atoms with Crippen LogP contribution in [0.25, 0.3) is 0 Å². The number of hydrogen-bond donors (Lipinski definition) is 1. The minimum absolute atomic E-state index is 0.160. The van der Waals surface area contributed by atoms with Gasteiger partial charge in [-0.05, 0) is 0 Å². The number of alkyl halides is 2. The molecule has 0 aliphatic heterocycles. The topological polar surface area (TPSA) is 44.0 Å². The zero-order valence-electron chi connectivity index (χ0n) is 4.01. The fraction of sp³-hybridized carbons (Fsp3) is 0.750. The van der Waals surface area contributed by atoms with Crippen molar-refractivity contribution < 1.29 is 5.11 Å². The summed E-state index contributed by atoms with van der Waals surface area (Å²) in [7, 11) is 0. The van der Waals surface area contributed by atoms with Crippen LogP contribution in [0.1, 0.15) is 0 Å². The average Bonchev–Trinajstić information content (AvgIpc) is 1.84. The smallest absolute Gasteiger partial charge is 0.153 e. The van der Waals surface area contributed by atoms with Gasteiger partial charge in [0.15, 0.2) is 6.10 Å². The molecule has 0 rings (SSSR count). The molecule has 0 saturated heterocycles. The van der Waals surface area contributed by atoms with Crippen molar-refractivity contribution >= 4 is 31.9 Å². The molecule has 0 heterocycles. The Bertz CT molecular complexity index is 101. The number of aliphatic hydroxyl groups excluding tert-OH is 1. The zero-order valence-corrected chi connectivity index (χ0v) is 7.18. The average molecular weight is 243 g/mol. The van der Waals surface area contributed by atoms with Gasteiger partial charge in [0.1, 0.15) is 0 Å². The number of aliphatic hydroxyl groups is 1. The Balaban J connectivity index is 3.49. The lowest BCUT2D eigenvalue weighted by Crippen LogP contribution is -2.18. The van der Waals surface area contributed by atoms with Crippen LogP contribution in [-0.4, -0.2) is 21.4 Å². The Labute approximate surface area is 64.8 Å². The van der Waals surface area contributed by atoms with Gasteiger partial charge in [-0.15, -0.1) is 0 Å². The van der Waals surface area contributed by atoms with Crippen molar-refractivity contribution in [3.63, 3.8) is 0 Å². The number of hydrogen-bond acceptors (Lipinski definition) is 2. The lowest BCUT2D eigenvalue weighted by molar-refractivity contribution is 0.235. The predicted molar refractivity (Wildman–Crippen MR) is 38.1 cm³/mol. The highest BCUT2D eigenvalue weighted by Gasteiger charge is 2.11. The van der Waals surface area contributed by atoms with Crippen molar-refractivity contribution in [1.82, 2.24) is 0 Å². The number of rotatable bonds is 2. The summed E-state index contributed by atoms with van der Waals surface area (Å²) in [6.45, 7) is 0. The molecule has 0 aromatic carbocycles. The highest BCUT2D eigenvalue weighted by molar-refractivity contribution is 9.12. The van der Waals surface area contributed by atoms with Crippen LogP contribution in [-0.2, 0) is 0 Å². The van der Waals surface area contributed by atoms with E-state index in [4.69, 9.17) is 10.4 Å². The number of nitrogens with zero attached hydrogens (tertiary/aromatic N) is 1. The zero-order chi connectivity index (χ0) is 6.57. The van der Waals surface area contributed by atoms with Gasteiger partial charge in [-0.25, -0.2) is 0 Å². The van der Waals surface area contributed by atoms with E-state index in [0.29, 0.717) is 5.33 Å². The molecule has 0 saturated carbocycles. The third kappa shape index (κ3) is 2.65. The van der Waals surface area contributed by atoms with E-state index in [2.05, 4.69) is 31.9 Å². The molecule has 0 aromatic heterocycles. The molecule has 0 aliphatic rings. The molecule has 2 atom stereocenters. The van der Waals surface area contributed by atoms with Gasteiger partial charge in [0.05, 0.1) is 10.9 Å². The third-order valence-electron chi connectivity index (χ3n) is 0.622. The van der Waals surface area contributed by atoms with E-state index in [1.165, 1.54) is 0 Å². The summed E-state index contributed by atoms with van der Waals surface area (Å²) >= 11 is 6.18. The van der Waals surface area contributed by atoms with Crippen molar-refractivity contribution in [3.8, 4) is 6.07 Å². The molecular formula is C4H5Br2NO. The molecular weight excluding hydrogens is 238 g/mol. The molecule has 1 N–H and O–H groups in total. The van der Waals surface area contributed by atoms with E-state index in [1.54, 1.807) is 6.07 Å². The largest absolute Gasteiger partial charge is 0.377 e. The van der Waals surface area contributed by atoms with Gasteiger partial charge in [-0.3, -0.25) is 0 Å². The van der Waals surface area contributed by atoms with Crippen molar-refractivity contribution in [2.45, 2.75) is 10.9 Å². The first kappa shape index (κ1) is 8.41. The Morgan fingerprint density at radius 1 is 1.75 bits per heavy atom. The minimum Gasteiger partial charge on any atom is -0.377 e. The molecule has 0 radical (unpaired) electrons. The summed E-state index contributed by atoms with van der Waals surface area (Å²) in [6.07, 6.45) is -0.908. The van der Waals surface area contributed by atoms with Crippen LogP contribution in [0, 0.1) is 11.3 Å². The molecule has 0 bridgehead atoms. The van der Waals surface area contributed by atoms with Crippen molar-refractivity contribution in [2.75, 3.05) is 5.33 Å². The Hall–Kier alpha value is 0.410. The Morgan fingerprint density at radius 2 is 2.25 bits per heavy atom. The van der Waals surface area contributed by atoms with E-state index in [9.17, 15) is 0 Å². The first-order valence-electron chi connectivity index (χ1n) is 2.00. The van der Waals surface area contributed by atoms with Crippen LogP contribution in [0.2, 0.25) is 0 Å². The fourth-order valence-electron chi connectivity index (χ4n) is 0.165. The second-order valence-corrected chi connectivity index (χ2v) is 3.07. The maximum absolute atomic E-state index is 8.69. The maximum atomic E-state index is 8.69. The van der Waals surface area contributed by atoms with Gasteiger partial charge in [0.2, 0.25) is 0 Å². The normalized spacial score (nSPS) is 16.8. The molecule has 46 valence electrons. The first-order chi connectivity index (χ1) is 3.72. The summed E-state index contributed by atoms with van der Waals surface area (Å²) in [4.78, 5) is -0.160. The minimum atomic E-state index is -0.908. The highest BCUT2D eigenvalue weighted by Crippen LogP contribution is 2.07. The van der Waals surface area contributed by atoms with E-state index >= 15 is 0 Å². The van der Waals surface area contributed by atoms with Gasteiger partial charge in [0.25, 0.3) is 0 Å². The quantitative estimate of drug-likeness (QED) is 0.581. The van der Waals surface area contributed by atoms with Gasteiger partial charge in [-0.1, -0.05) is 31.9 Å². The summed E-state index contributed by atoms with van der Waals surface area (Å²) in [6, 6.07) is 1.69. The van der Waals surface area contributed by atoms with Crippen LogP contribution in [0.15, 0.2) is 0 Å². The van der Waals surface area contributed by atoms with Crippen LogP contribution in [0.3, 0.4) is 0 Å². The molecule has 0 aromatic rings. The van der Waals surface area contributed by atoms with Crippen LogP contribution in [0.5, 0.6) is 0 Å². The number of halogens is 2. The second kappa shape index (κ2) is 4.30. The summed E-state index contributed by atoms with van der Waals surface area (Å²) in [5.74, 6) is 0. The molecule has 0 amide bonds. The fourth-order valence-corrected chi connectivity index (χ4v) is 0.638. The number of nitriles is 1. The SMILES string of the molecule is N#C[C@@H](O)[C@H](Br)CBr. The summed E-state index contributed by atoms with van der Waals surface area (Å²) in [5, 5.41) is 17.4. The molecule has 0 spiro atoms. The summed E-state index contributed by atoms with van der Waals surface area (Å²) < 4.78 is 0. The maximum Gasteiger partial charge on any atom is 0.153 e. The van der Waals surface area contributed by atoms with Crippen molar-refractivity contribution in [1.29, 1.82) is 5.26 Å². The second-order valence-electron chi connectivity index (χ2n) is 1.24. The predicted octanol–water partition coefficient (Wildman–Crippen LogP) is 1.03. The van der Waals surface area contributed by atoms with Crippen LogP contribution in [0.4, 0.5) is 0 Å². The van der Waals surface area contributed by atoms with Gasteiger partial charge in [0, 0.05) is 5.33 Å². The van der Waals surface area contributed by atoms with Gasteiger partial charge < -0.3 is 5.11 Å². The molecule has 2 nitrogen and oxygen atoms in total. The standard InChI is InChI=1S/C4H5Br2NO/c5-1-3(6)4(8)2-7/h3-4,8H,1H2/t3-,4-/m1/s1. The summed E-state index contributed by atoms with van der Waals surface area (Å²) in [5.41, 5.74) is 0. The lowest BCUT2D eigenvalue weighted by atomic mass is 10.3. The van der Waals surface area contributed by atoms with Crippen molar-refractivity contribution in [2.24, 2.45) is 0 Å². The van der Waals surface area contributed by atoms with E-state index in [1.807, 2.05) is 0 Å². The van der Waals surface area contributed by atoms with E-state index in [0.717, 1.165) is 0 Å². The van der Waals surface area contributed by atoms with E-state index < -0.39 is 6.10 Å². The van der Waals surface area contributed by atoms with Gasteiger partial charge in [-0.2, -0.15) is 5.26 Å². The highest BCUT2D eigenvalue weighted by atomic mass is 79.9. The molecule has 4 heteroatoms. The molecule has 0 fully saturated rings. The molecule has 8 heavy (non-hydrogen) atoms. The third-order valence-corrected chi connectivity index (χ3v) is 3.01. The van der Waals surface area contributed by atoms with Crippen LogP contribution < -0.4 is 0 Å². The monoisotopic (exact) mass is 241 g/mol. The Kier molecular flexibility index (Phi) is 4.53. The molecule has 0 aliphatic carbocycles. The first-order valence-corrected chi connectivity index (χ1v) is 4.03. The van der Waals surface area contributed by atoms with Crippen molar-refractivity contribution in [3.05, 3.63) is 0 Å². The van der Waals surface area contributed by atoms with Crippen LogP contribution >= 0.6 is 31.9 Å².